The van der Waals surface area contributed by atoms with Gasteiger partial charge in [-0.2, -0.15) is 0 Å². The molecule has 11 unspecified atom stereocenters. The average molecular weight is 847 g/mol. The number of pyridine rings is 1. The van der Waals surface area contributed by atoms with Crippen LogP contribution in [0.2, 0.25) is 0 Å². The third-order valence-corrected chi connectivity index (χ3v) is 15.8. The van der Waals surface area contributed by atoms with Gasteiger partial charge in [-0.3, -0.25) is 4.98 Å². The van der Waals surface area contributed by atoms with Crippen molar-refractivity contribution in [2.45, 2.75) is 138 Å². The van der Waals surface area contributed by atoms with Crippen molar-refractivity contribution in [3.63, 3.8) is 0 Å². The molecule has 1 N–H and O–H groups in total. The Balaban J connectivity index is 0.000000179. The van der Waals surface area contributed by atoms with Gasteiger partial charge in [0.05, 0.1) is 50.9 Å². The Kier molecular flexibility index (Phi) is 13.8. The van der Waals surface area contributed by atoms with E-state index in [9.17, 15) is 5.11 Å². The highest BCUT2D eigenvalue weighted by Gasteiger charge is 2.67. The standard InChI is InChI=1S/C27H42O3.C24H29NO4.ClH/c1-16-7-12-27(29-15-16)17(2)24-23(30-27)14-22-20-6-5-18-13-19(28)8-10-25(18,3)21(20)9-11-26(22,24)4;1-5-26-21-10-9-17(14-22(21)27-6-2)13-20-19-16-24(29-8-4)23(28-7-3)15-18(19)11-12-25-20;/h9,16-20,22-24,28H,5-8,10-15H2,1-4H3;9-12,14-16H,5-8,13H2,1-4H3;1H. The predicted molar refractivity (Wildman–Crippen MR) is 241 cm³/mol. The van der Waals surface area contributed by atoms with Crippen LogP contribution in [0.5, 0.6) is 23.0 Å². The molecule has 5 fully saturated rings. The molecule has 60 heavy (non-hydrogen) atoms. The van der Waals surface area contributed by atoms with E-state index in [1.165, 1.54) is 38.5 Å². The maximum atomic E-state index is 10.3. The summed E-state index contributed by atoms with van der Waals surface area (Å²) in [5.74, 6) is 6.73. The molecular formula is C51H72ClNO7. The molecule has 0 radical (unpaired) electrons. The fourth-order valence-electron chi connectivity index (χ4n) is 12.8. The van der Waals surface area contributed by atoms with E-state index in [1.54, 1.807) is 5.57 Å². The first-order valence-electron chi connectivity index (χ1n) is 23.2. The third kappa shape index (κ3) is 8.17. The molecule has 8 nitrogen and oxygen atoms in total. The lowest BCUT2D eigenvalue weighted by Gasteiger charge is -2.57. The van der Waals surface area contributed by atoms with Crippen LogP contribution < -0.4 is 18.9 Å². The summed E-state index contributed by atoms with van der Waals surface area (Å²) in [4.78, 5) is 4.65. The zero-order valence-corrected chi connectivity index (χ0v) is 38.4. The van der Waals surface area contributed by atoms with Gasteiger partial charge in [0.1, 0.15) is 0 Å². The second-order valence-electron chi connectivity index (χ2n) is 19.1. The SMILES string of the molecule is CC1CCC2(OC1)OC1CC3C4CCC5CC(O)CCC5(C)C4=CCC3(C)C1C2C.CCOc1ccc(Cc2nccc3cc(OCC)c(OCC)cc23)cc1OCC.Cl. The molecule has 4 aliphatic carbocycles. The van der Waals surface area contributed by atoms with E-state index < -0.39 is 0 Å². The van der Waals surface area contributed by atoms with Gasteiger partial charge in [-0.15, -0.1) is 12.4 Å². The minimum atomic E-state index is -0.303. The maximum Gasteiger partial charge on any atom is 0.171 e. The Bertz CT molecular complexity index is 1980. The van der Waals surface area contributed by atoms with Crippen LogP contribution in [0.4, 0.5) is 0 Å². The number of aliphatic hydroxyl groups excluding tert-OH is 1. The van der Waals surface area contributed by atoms with E-state index in [0.29, 0.717) is 73.5 Å². The lowest BCUT2D eigenvalue weighted by atomic mass is 9.48. The van der Waals surface area contributed by atoms with Gasteiger partial charge in [-0.05, 0) is 161 Å². The summed E-state index contributed by atoms with van der Waals surface area (Å²) in [7, 11) is 0. The molecule has 3 aromatic rings. The molecule has 2 aromatic carbocycles. The molecule has 1 aromatic heterocycles. The number of aliphatic hydroxyl groups is 1. The molecule has 3 heterocycles. The number of hydrogen-bond acceptors (Lipinski definition) is 8. The largest absolute Gasteiger partial charge is 0.490 e. The van der Waals surface area contributed by atoms with Crippen LogP contribution in [0, 0.1) is 46.3 Å². The smallest absolute Gasteiger partial charge is 0.171 e. The van der Waals surface area contributed by atoms with E-state index in [-0.39, 0.29) is 24.3 Å². The van der Waals surface area contributed by atoms with E-state index in [4.69, 9.17) is 28.4 Å². The Hall–Kier alpha value is -3.04. The fourth-order valence-corrected chi connectivity index (χ4v) is 12.8. The lowest BCUT2D eigenvalue weighted by Crippen LogP contribution is -2.50. The Morgan fingerprint density at radius 2 is 1.50 bits per heavy atom. The van der Waals surface area contributed by atoms with E-state index in [1.807, 2.05) is 64.2 Å². The number of allylic oxidation sites excluding steroid dienone is 2. The molecule has 2 aliphatic heterocycles. The van der Waals surface area contributed by atoms with Crippen LogP contribution in [0.3, 0.4) is 0 Å². The maximum absolute atomic E-state index is 10.3. The van der Waals surface area contributed by atoms with Crippen LogP contribution in [-0.2, 0) is 15.9 Å². The molecule has 6 aliphatic rings. The van der Waals surface area contributed by atoms with Crippen molar-refractivity contribution >= 4 is 23.2 Å². The van der Waals surface area contributed by atoms with Gasteiger partial charge >= 0.3 is 0 Å². The van der Waals surface area contributed by atoms with Crippen LogP contribution >= 0.6 is 12.4 Å². The van der Waals surface area contributed by atoms with E-state index >= 15 is 0 Å². The number of ether oxygens (including phenoxy) is 6. The predicted octanol–water partition coefficient (Wildman–Crippen LogP) is 11.6. The van der Waals surface area contributed by atoms with Gasteiger partial charge in [-0.25, -0.2) is 0 Å². The highest BCUT2D eigenvalue weighted by Crippen LogP contribution is 2.70. The summed E-state index contributed by atoms with van der Waals surface area (Å²) in [5, 5.41) is 12.4. The molecule has 0 bridgehead atoms. The topological polar surface area (TPSA) is 88.5 Å². The van der Waals surface area contributed by atoms with Crippen molar-refractivity contribution in [1.29, 1.82) is 0 Å². The summed E-state index contributed by atoms with van der Waals surface area (Å²) < 4.78 is 36.3. The molecule has 0 amide bonds. The van der Waals surface area contributed by atoms with Crippen LogP contribution in [0.15, 0.2) is 54.2 Å². The number of fused-ring (bicyclic) bond motifs is 8. The first-order chi connectivity index (χ1) is 28.5. The molecule has 3 saturated carbocycles. The first kappa shape index (κ1) is 45.0. The van der Waals surface area contributed by atoms with Gasteiger partial charge in [0.2, 0.25) is 0 Å². The summed E-state index contributed by atoms with van der Waals surface area (Å²) >= 11 is 0. The minimum absolute atomic E-state index is 0. The molecule has 2 saturated heterocycles. The molecule has 9 rings (SSSR count). The Labute approximate surface area is 365 Å². The van der Waals surface area contributed by atoms with E-state index in [0.717, 1.165) is 82.7 Å². The van der Waals surface area contributed by atoms with Crippen molar-refractivity contribution in [2.75, 3.05) is 33.0 Å². The van der Waals surface area contributed by atoms with Gasteiger partial charge in [0.15, 0.2) is 28.8 Å². The Morgan fingerprint density at radius 1 is 0.800 bits per heavy atom. The summed E-state index contributed by atoms with van der Waals surface area (Å²) in [6.45, 7) is 21.0. The van der Waals surface area contributed by atoms with E-state index in [2.05, 4.69) is 44.8 Å². The lowest BCUT2D eigenvalue weighted by molar-refractivity contribution is -0.272. The van der Waals surface area contributed by atoms with Crippen molar-refractivity contribution in [3.05, 3.63) is 65.5 Å². The summed E-state index contributed by atoms with van der Waals surface area (Å²) in [5.41, 5.74) is 4.56. The van der Waals surface area contributed by atoms with Crippen molar-refractivity contribution in [1.82, 2.24) is 4.98 Å². The number of hydrogen-bond donors (Lipinski definition) is 1. The Morgan fingerprint density at radius 3 is 2.20 bits per heavy atom. The summed E-state index contributed by atoms with van der Waals surface area (Å²) in [6.07, 6.45) is 16.1. The van der Waals surface area contributed by atoms with Gasteiger partial charge in [-0.1, -0.05) is 45.4 Å². The van der Waals surface area contributed by atoms with Gasteiger partial charge in [0, 0.05) is 30.3 Å². The van der Waals surface area contributed by atoms with Crippen LogP contribution in [-0.4, -0.2) is 61.1 Å². The minimum Gasteiger partial charge on any atom is -0.490 e. The molecule has 330 valence electrons. The normalized spacial score (nSPS) is 35.1. The van der Waals surface area contributed by atoms with Gasteiger partial charge < -0.3 is 33.5 Å². The molecule has 1 spiro atoms. The van der Waals surface area contributed by atoms with Crippen LogP contribution in [0.1, 0.15) is 124 Å². The average Bonchev–Trinajstić information content (AvgIpc) is 3.67. The molecule has 9 heteroatoms. The molecular weight excluding hydrogens is 774 g/mol. The second-order valence-corrected chi connectivity index (χ2v) is 19.1. The highest BCUT2D eigenvalue weighted by atomic mass is 35.5. The van der Waals surface area contributed by atoms with Gasteiger partial charge in [0.25, 0.3) is 0 Å². The summed E-state index contributed by atoms with van der Waals surface area (Å²) in [6, 6.07) is 12.1. The third-order valence-electron chi connectivity index (χ3n) is 15.8. The number of nitrogens with zero attached hydrogens (tertiary/aromatic N) is 1. The number of aromatic nitrogens is 1. The van der Waals surface area contributed by atoms with Crippen molar-refractivity contribution in [2.24, 2.45) is 46.3 Å². The zero-order valence-electron chi connectivity index (χ0n) is 37.6. The first-order valence-corrected chi connectivity index (χ1v) is 23.2. The van der Waals surface area contributed by atoms with Crippen molar-refractivity contribution in [3.8, 4) is 23.0 Å². The second kappa shape index (κ2) is 18.4. The molecule has 11 atom stereocenters. The number of rotatable bonds is 10. The zero-order chi connectivity index (χ0) is 41.5. The highest BCUT2D eigenvalue weighted by molar-refractivity contribution is 5.88. The number of halogens is 1. The number of benzene rings is 2. The van der Waals surface area contributed by atoms with Crippen LogP contribution in [0.25, 0.3) is 10.8 Å². The van der Waals surface area contributed by atoms with Crippen molar-refractivity contribution < 1.29 is 33.5 Å². The quantitative estimate of drug-likeness (QED) is 0.202. The monoisotopic (exact) mass is 845 g/mol. The fraction of sp³-hybridized carbons (Fsp3) is 0.667.